The SMILES string of the molecule is [CH3].[CH]1CC1. The third-order valence-electron chi connectivity index (χ3n) is 0.289. The van der Waals surface area contributed by atoms with Gasteiger partial charge in [0.2, 0.25) is 0 Å². The monoisotopic (exact) mass is 56.1 g/mol. The molecule has 1 aliphatic rings. The normalized spacial score (nSPS) is 18.0. The van der Waals surface area contributed by atoms with Crippen LogP contribution in [0.3, 0.4) is 0 Å². The van der Waals surface area contributed by atoms with Crippen LogP contribution in [0.4, 0.5) is 0 Å². The highest BCUT2D eigenvalue weighted by Gasteiger charge is 1.95. The molecule has 0 saturated heterocycles. The van der Waals surface area contributed by atoms with Crippen LogP contribution in [0.15, 0.2) is 0 Å². The van der Waals surface area contributed by atoms with Crippen molar-refractivity contribution in [2.24, 2.45) is 0 Å². The second-order valence-corrected chi connectivity index (χ2v) is 0.866. The van der Waals surface area contributed by atoms with Gasteiger partial charge in [-0.2, -0.15) is 0 Å². The van der Waals surface area contributed by atoms with Gasteiger partial charge in [0.1, 0.15) is 0 Å². The summed E-state index contributed by atoms with van der Waals surface area (Å²) in [7, 11) is 0. The molecule has 0 aromatic heterocycles. The summed E-state index contributed by atoms with van der Waals surface area (Å²) in [5.74, 6) is 0. The average molecular weight is 56.1 g/mol. The van der Waals surface area contributed by atoms with Gasteiger partial charge in [-0.1, -0.05) is 7.43 Å². The summed E-state index contributed by atoms with van der Waals surface area (Å²) in [5.41, 5.74) is 0. The van der Waals surface area contributed by atoms with Crippen LogP contribution in [0.1, 0.15) is 12.8 Å². The van der Waals surface area contributed by atoms with Gasteiger partial charge >= 0.3 is 0 Å². The quantitative estimate of drug-likeness (QED) is 0.394. The molecule has 0 bridgehead atoms. The first kappa shape index (κ1) is 4.00. The molecule has 0 heteroatoms. The molecule has 0 heterocycles. The lowest BCUT2D eigenvalue weighted by molar-refractivity contribution is 1.50. The number of hydrogen-bond acceptors (Lipinski definition) is 0. The highest BCUT2D eigenvalue weighted by atomic mass is 14.0. The lowest BCUT2D eigenvalue weighted by Crippen LogP contribution is -0.898. The van der Waals surface area contributed by atoms with Crippen molar-refractivity contribution in [2.45, 2.75) is 12.8 Å². The lowest BCUT2D eigenvalue weighted by Gasteiger charge is -1.05. The highest BCUT2D eigenvalue weighted by molar-refractivity contribution is 4.79. The Balaban J connectivity index is 0.0000000900. The van der Waals surface area contributed by atoms with E-state index in [1.165, 1.54) is 12.8 Å². The van der Waals surface area contributed by atoms with Gasteiger partial charge in [0, 0.05) is 0 Å². The van der Waals surface area contributed by atoms with Crippen molar-refractivity contribution in [3.63, 3.8) is 0 Å². The lowest BCUT2D eigenvalue weighted by atomic mass is 11.0. The molecule has 1 fully saturated rings. The molecular weight excluding hydrogens is 48.0 g/mol. The predicted molar refractivity (Wildman–Crippen MR) is 19.9 cm³/mol. The Kier molecular flexibility index (Phi) is 1.33. The third kappa shape index (κ3) is 2.00. The zero-order chi connectivity index (χ0) is 2.12. The molecule has 0 atom stereocenters. The Hall–Kier alpha value is 0. The minimum atomic E-state index is 0. The molecule has 0 amide bonds. The Labute approximate surface area is 27.8 Å². The molecule has 0 N–H and O–H groups in total. The van der Waals surface area contributed by atoms with Crippen molar-refractivity contribution in [1.82, 2.24) is 0 Å². The molecular formula is C4H8. The molecule has 24 valence electrons. The molecule has 0 nitrogen and oxygen atoms in total. The highest BCUT2D eigenvalue weighted by Crippen LogP contribution is 2.12. The summed E-state index contributed by atoms with van der Waals surface area (Å²) in [6.07, 6.45) is 5.00. The van der Waals surface area contributed by atoms with Gasteiger partial charge in [-0.25, -0.2) is 0 Å². The molecule has 0 unspecified atom stereocenters. The Morgan fingerprint density at radius 1 is 1.25 bits per heavy atom. The zero-order valence-corrected chi connectivity index (χ0v) is 2.99. The van der Waals surface area contributed by atoms with Gasteiger partial charge in [-0.3, -0.25) is 0 Å². The summed E-state index contributed by atoms with van der Waals surface area (Å²) in [6, 6.07) is 0. The summed E-state index contributed by atoms with van der Waals surface area (Å²) in [6.45, 7) is 0. The van der Waals surface area contributed by atoms with Crippen LogP contribution in [-0.2, 0) is 0 Å². The van der Waals surface area contributed by atoms with Crippen molar-refractivity contribution < 1.29 is 0 Å². The third-order valence-corrected chi connectivity index (χ3v) is 0.289. The van der Waals surface area contributed by atoms with Crippen molar-refractivity contribution >= 4 is 0 Å². The van der Waals surface area contributed by atoms with E-state index in [0.717, 1.165) is 0 Å². The summed E-state index contributed by atoms with van der Waals surface area (Å²) < 4.78 is 0. The van der Waals surface area contributed by atoms with Crippen LogP contribution in [-0.4, -0.2) is 0 Å². The summed E-state index contributed by atoms with van der Waals surface area (Å²) in [4.78, 5) is 0. The smallest absolute Gasteiger partial charge is 0.0386 e. The van der Waals surface area contributed by atoms with Gasteiger partial charge in [-0.15, -0.1) is 0 Å². The second kappa shape index (κ2) is 1.33. The minimum absolute atomic E-state index is 0. The van der Waals surface area contributed by atoms with Crippen LogP contribution in [0.25, 0.3) is 0 Å². The molecule has 1 rings (SSSR count). The minimum Gasteiger partial charge on any atom is -0.0683 e. The summed E-state index contributed by atoms with van der Waals surface area (Å²) in [5, 5.41) is 0. The van der Waals surface area contributed by atoms with Crippen molar-refractivity contribution in [3.05, 3.63) is 13.8 Å². The molecule has 2 radical (unpaired) electrons. The number of hydrogen-bond donors (Lipinski definition) is 0. The average Bonchev–Trinajstić information content (AvgIpc) is 1.46. The van der Waals surface area contributed by atoms with Gasteiger partial charge in [-0.05, 0) is 19.3 Å². The topological polar surface area (TPSA) is 0 Å². The molecule has 0 aromatic rings. The maximum Gasteiger partial charge on any atom is -0.0386 e. The van der Waals surface area contributed by atoms with Crippen molar-refractivity contribution in [2.75, 3.05) is 0 Å². The van der Waals surface area contributed by atoms with E-state index < -0.39 is 0 Å². The van der Waals surface area contributed by atoms with E-state index in [4.69, 9.17) is 0 Å². The van der Waals surface area contributed by atoms with E-state index in [1.807, 2.05) is 0 Å². The second-order valence-electron chi connectivity index (χ2n) is 0.866. The fourth-order valence-electron chi connectivity index (χ4n) is 0. The van der Waals surface area contributed by atoms with E-state index in [2.05, 4.69) is 6.42 Å². The van der Waals surface area contributed by atoms with Crippen molar-refractivity contribution in [3.8, 4) is 0 Å². The van der Waals surface area contributed by atoms with E-state index in [1.54, 1.807) is 0 Å². The first-order chi connectivity index (χ1) is 1.50. The molecule has 0 aliphatic heterocycles. The van der Waals surface area contributed by atoms with E-state index in [-0.39, 0.29) is 7.43 Å². The molecule has 4 heavy (non-hydrogen) atoms. The van der Waals surface area contributed by atoms with Crippen molar-refractivity contribution in [1.29, 1.82) is 0 Å². The van der Waals surface area contributed by atoms with Gasteiger partial charge in [0.15, 0.2) is 0 Å². The van der Waals surface area contributed by atoms with E-state index >= 15 is 0 Å². The Morgan fingerprint density at radius 2 is 1.50 bits per heavy atom. The predicted octanol–water partition coefficient (Wildman–Crippen LogP) is 1.43. The van der Waals surface area contributed by atoms with Gasteiger partial charge < -0.3 is 0 Å². The Morgan fingerprint density at radius 3 is 1.50 bits per heavy atom. The zero-order valence-electron chi connectivity index (χ0n) is 2.99. The fourth-order valence-corrected chi connectivity index (χ4v) is 0. The van der Waals surface area contributed by atoms with Crippen LogP contribution >= 0.6 is 0 Å². The maximum atomic E-state index is 2.25. The standard InChI is InChI=1S/C3H5.CH3/c1-2-3-1;/h1H,2-3H2;1H3. The molecule has 0 spiro atoms. The van der Waals surface area contributed by atoms with Gasteiger partial charge in [0.25, 0.3) is 0 Å². The van der Waals surface area contributed by atoms with Crippen LogP contribution in [0.5, 0.6) is 0 Å². The fraction of sp³-hybridized carbons (Fsp3) is 0.500. The maximum absolute atomic E-state index is 2.25. The van der Waals surface area contributed by atoms with Crippen LogP contribution < -0.4 is 0 Å². The van der Waals surface area contributed by atoms with E-state index in [9.17, 15) is 0 Å². The van der Waals surface area contributed by atoms with Crippen LogP contribution in [0.2, 0.25) is 0 Å². The molecule has 1 saturated carbocycles. The summed E-state index contributed by atoms with van der Waals surface area (Å²) >= 11 is 0. The largest absolute Gasteiger partial charge is 0.0683 e. The van der Waals surface area contributed by atoms with Crippen LogP contribution in [0, 0.1) is 13.8 Å². The Bertz CT molecular complexity index is 4.75. The van der Waals surface area contributed by atoms with E-state index in [0.29, 0.717) is 0 Å². The van der Waals surface area contributed by atoms with Gasteiger partial charge in [0.05, 0.1) is 0 Å². The first-order valence-corrected chi connectivity index (χ1v) is 1.32. The number of rotatable bonds is 0. The first-order valence-electron chi connectivity index (χ1n) is 1.32. The molecule has 1 aliphatic carbocycles. The molecule has 0 aromatic carbocycles.